The predicted molar refractivity (Wildman–Crippen MR) is 115 cm³/mol. The second kappa shape index (κ2) is 13.4. The van der Waals surface area contributed by atoms with E-state index in [2.05, 4.69) is 21.7 Å². The highest BCUT2D eigenvalue weighted by Gasteiger charge is 2.09. The zero-order valence-corrected chi connectivity index (χ0v) is 17.2. The molecule has 0 spiro atoms. The van der Waals surface area contributed by atoms with Gasteiger partial charge in [0, 0.05) is 33.4 Å². The van der Waals surface area contributed by atoms with Crippen LogP contribution in [0, 0.1) is 18.3 Å². The standard InChI is InChI=1S/C22H30N4O3/c1-18-16-21(26-22(20(18)17-23)25-11-6-12-27-2)24-10-7-13-28-14-15-29-19-8-4-3-5-9-19/h3-5,8-9,16H,6-7,10-15H2,1-2H3,(H2,24,25,26). The van der Waals surface area contributed by atoms with Crippen molar-refractivity contribution in [1.29, 1.82) is 5.26 Å². The van der Waals surface area contributed by atoms with Crippen LogP contribution in [0.15, 0.2) is 36.4 Å². The molecule has 0 amide bonds. The molecule has 0 aliphatic rings. The van der Waals surface area contributed by atoms with Crippen LogP contribution in [-0.2, 0) is 9.47 Å². The molecule has 0 radical (unpaired) electrons. The number of nitrogens with one attached hydrogen (secondary N) is 2. The molecule has 2 rings (SSSR count). The summed E-state index contributed by atoms with van der Waals surface area (Å²) in [6, 6.07) is 13.8. The number of methoxy groups -OCH3 is 1. The van der Waals surface area contributed by atoms with Crippen molar-refractivity contribution < 1.29 is 14.2 Å². The number of nitrogens with zero attached hydrogens (tertiary/aromatic N) is 2. The van der Waals surface area contributed by atoms with Gasteiger partial charge in [0.05, 0.1) is 12.2 Å². The molecule has 1 aromatic carbocycles. The second-order valence-corrected chi connectivity index (χ2v) is 6.49. The van der Waals surface area contributed by atoms with E-state index >= 15 is 0 Å². The summed E-state index contributed by atoms with van der Waals surface area (Å²) in [5, 5.41) is 15.9. The van der Waals surface area contributed by atoms with Crippen LogP contribution in [0.2, 0.25) is 0 Å². The molecule has 2 aromatic rings. The Morgan fingerprint density at radius 2 is 1.76 bits per heavy atom. The van der Waals surface area contributed by atoms with Crippen LogP contribution in [0.1, 0.15) is 24.0 Å². The van der Waals surface area contributed by atoms with Gasteiger partial charge in [-0.25, -0.2) is 4.98 Å². The van der Waals surface area contributed by atoms with Crippen molar-refractivity contribution in [2.24, 2.45) is 0 Å². The average Bonchev–Trinajstić information content (AvgIpc) is 2.74. The van der Waals surface area contributed by atoms with Crippen LogP contribution in [0.3, 0.4) is 0 Å². The molecule has 156 valence electrons. The SMILES string of the molecule is COCCCNc1nc(NCCCOCCOc2ccccc2)cc(C)c1C#N. The van der Waals surface area contributed by atoms with Crippen molar-refractivity contribution in [3.63, 3.8) is 0 Å². The molecule has 2 N–H and O–H groups in total. The van der Waals surface area contributed by atoms with E-state index in [1.54, 1.807) is 7.11 Å². The Morgan fingerprint density at radius 3 is 2.52 bits per heavy atom. The molecule has 0 unspecified atom stereocenters. The fraction of sp³-hybridized carbons (Fsp3) is 0.455. The number of ether oxygens (including phenoxy) is 3. The molecule has 0 aliphatic heterocycles. The summed E-state index contributed by atoms with van der Waals surface area (Å²) in [6.07, 6.45) is 1.70. The number of hydrogen-bond acceptors (Lipinski definition) is 7. The Hall–Kier alpha value is -2.82. The maximum absolute atomic E-state index is 9.38. The number of anilines is 2. The molecule has 0 atom stereocenters. The molecule has 1 heterocycles. The lowest BCUT2D eigenvalue weighted by molar-refractivity contribution is 0.0999. The first-order valence-electron chi connectivity index (χ1n) is 9.88. The van der Waals surface area contributed by atoms with Crippen LogP contribution in [0.4, 0.5) is 11.6 Å². The third kappa shape index (κ3) is 8.38. The fourth-order valence-corrected chi connectivity index (χ4v) is 2.68. The van der Waals surface area contributed by atoms with E-state index in [9.17, 15) is 5.26 Å². The number of hydrogen-bond donors (Lipinski definition) is 2. The van der Waals surface area contributed by atoms with Crippen molar-refractivity contribution in [3.05, 3.63) is 47.5 Å². The van der Waals surface area contributed by atoms with E-state index in [1.165, 1.54) is 0 Å². The van der Waals surface area contributed by atoms with Crippen LogP contribution in [-0.4, -0.2) is 51.6 Å². The highest BCUT2D eigenvalue weighted by atomic mass is 16.5. The summed E-state index contributed by atoms with van der Waals surface area (Å²) in [6.45, 7) is 5.76. The van der Waals surface area contributed by atoms with Gasteiger partial charge in [0.1, 0.15) is 30.1 Å². The van der Waals surface area contributed by atoms with Crippen molar-refractivity contribution in [1.82, 2.24) is 4.98 Å². The van der Waals surface area contributed by atoms with Crippen molar-refractivity contribution in [3.8, 4) is 11.8 Å². The van der Waals surface area contributed by atoms with E-state index in [1.807, 2.05) is 43.3 Å². The van der Waals surface area contributed by atoms with Gasteiger partial charge in [-0.3, -0.25) is 0 Å². The van der Waals surface area contributed by atoms with Crippen molar-refractivity contribution >= 4 is 11.6 Å². The van der Waals surface area contributed by atoms with Crippen LogP contribution < -0.4 is 15.4 Å². The minimum atomic E-state index is 0.534. The van der Waals surface area contributed by atoms with Crippen molar-refractivity contribution in [2.45, 2.75) is 19.8 Å². The topological polar surface area (TPSA) is 88.4 Å². The van der Waals surface area contributed by atoms with E-state index in [4.69, 9.17) is 14.2 Å². The monoisotopic (exact) mass is 398 g/mol. The number of nitriles is 1. The lowest BCUT2D eigenvalue weighted by Crippen LogP contribution is -2.13. The number of aromatic nitrogens is 1. The van der Waals surface area contributed by atoms with Crippen LogP contribution >= 0.6 is 0 Å². The molecule has 29 heavy (non-hydrogen) atoms. The summed E-state index contributed by atoms with van der Waals surface area (Å²) < 4.78 is 16.2. The van der Waals surface area contributed by atoms with Crippen molar-refractivity contribution in [2.75, 3.05) is 57.3 Å². The zero-order chi connectivity index (χ0) is 20.7. The Bertz CT molecular complexity index is 763. The Kier molecular flexibility index (Phi) is 10.4. The van der Waals surface area contributed by atoms with Gasteiger partial charge in [0.15, 0.2) is 0 Å². The highest BCUT2D eigenvalue weighted by Crippen LogP contribution is 2.20. The van der Waals surface area contributed by atoms with Crippen LogP contribution in [0.5, 0.6) is 5.75 Å². The number of pyridine rings is 1. The minimum absolute atomic E-state index is 0.534. The fourth-order valence-electron chi connectivity index (χ4n) is 2.68. The van der Waals surface area contributed by atoms with E-state index < -0.39 is 0 Å². The average molecular weight is 399 g/mol. The molecule has 0 saturated carbocycles. The van der Waals surface area contributed by atoms with Gasteiger partial charge in [-0.15, -0.1) is 0 Å². The summed E-state index contributed by atoms with van der Waals surface area (Å²) >= 11 is 0. The predicted octanol–water partition coefficient (Wildman–Crippen LogP) is 3.61. The van der Waals surface area contributed by atoms with Gasteiger partial charge in [-0.2, -0.15) is 5.26 Å². The highest BCUT2D eigenvalue weighted by molar-refractivity contribution is 5.60. The first-order chi connectivity index (χ1) is 14.2. The third-order valence-corrected chi connectivity index (χ3v) is 4.16. The first-order valence-corrected chi connectivity index (χ1v) is 9.88. The quantitative estimate of drug-likeness (QED) is 0.470. The summed E-state index contributed by atoms with van der Waals surface area (Å²) in [5.74, 6) is 2.22. The molecule has 1 aromatic heterocycles. The number of aryl methyl sites for hydroxylation is 1. The van der Waals surface area contributed by atoms with E-state index in [-0.39, 0.29) is 0 Å². The zero-order valence-electron chi connectivity index (χ0n) is 17.2. The molecule has 0 aliphatic carbocycles. The Balaban J connectivity index is 1.67. The third-order valence-electron chi connectivity index (χ3n) is 4.16. The molecule has 0 bridgehead atoms. The first kappa shape index (κ1) is 22.5. The Morgan fingerprint density at radius 1 is 1.00 bits per heavy atom. The molecule has 0 saturated heterocycles. The lowest BCUT2D eigenvalue weighted by atomic mass is 10.1. The largest absolute Gasteiger partial charge is 0.491 e. The van der Waals surface area contributed by atoms with Gasteiger partial charge >= 0.3 is 0 Å². The number of benzene rings is 1. The molecule has 7 heteroatoms. The molecular weight excluding hydrogens is 368 g/mol. The summed E-state index contributed by atoms with van der Waals surface area (Å²) in [7, 11) is 1.67. The van der Waals surface area contributed by atoms with E-state index in [0.29, 0.717) is 44.4 Å². The normalized spacial score (nSPS) is 10.4. The maximum atomic E-state index is 9.38. The van der Waals surface area contributed by atoms with Gasteiger partial charge in [0.25, 0.3) is 0 Å². The Labute approximate surface area is 173 Å². The smallest absolute Gasteiger partial charge is 0.146 e. The minimum Gasteiger partial charge on any atom is -0.491 e. The van der Waals surface area contributed by atoms with Gasteiger partial charge in [-0.05, 0) is 43.5 Å². The summed E-state index contributed by atoms with van der Waals surface area (Å²) in [4.78, 5) is 4.54. The molecule has 0 fully saturated rings. The lowest BCUT2D eigenvalue weighted by Gasteiger charge is -2.13. The maximum Gasteiger partial charge on any atom is 0.146 e. The number of rotatable bonds is 14. The van der Waals surface area contributed by atoms with Crippen LogP contribution in [0.25, 0.3) is 0 Å². The molecule has 7 nitrogen and oxygen atoms in total. The van der Waals surface area contributed by atoms with Gasteiger partial charge < -0.3 is 24.8 Å². The second-order valence-electron chi connectivity index (χ2n) is 6.49. The van der Waals surface area contributed by atoms with Gasteiger partial charge in [0.2, 0.25) is 0 Å². The van der Waals surface area contributed by atoms with Gasteiger partial charge in [-0.1, -0.05) is 18.2 Å². The summed E-state index contributed by atoms with van der Waals surface area (Å²) in [5.41, 5.74) is 1.48. The molecular formula is C22H30N4O3. The number of para-hydroxylation sites is 1. The van der Waals surface area contributed by atoms with E-state index in [0.717, 1.165) is 36.5 Å².